The first-order valence-corrected chi connectivity index (χ1v) is 9.87. The molecule has 0 aromatic heterocycles. The monoisotopic (exact) mass is 369 g/mol. The van der Waals surface area contributed by atoms with Crippen molar-refractivity contribution in [3.05, 3.63) is 41.1 Å². The van der Waals surface area contributed by atoms with Gasteiger partial charge in [0.2, 0.25) is 5.91 Å². The van der Waals surface area contributed by atoms with Crippen molar-refractivity contribution >= 4 is 17.4 Å². The van der Waals surface area contributed by atoms with Crippen molar-refractivity contribution in [2.45, 2.75) is 51.5 Å². The lowest BCUT2D eigenvalue weighted by Crippen LogP contribution is -2.59. The third-order valence-electron chi connectivity index (χ3n) is 6.18. The van der Waals surface area contributed by atoms with Crippen LogP contribution in [0.25, 0.3) is 0 Å². The molecule has 1 fully saturated rings. The van der Waals surface area contributed by atoms with E-state index in [4.69, 9.17) is 0 Å². The summed E-state index contributed by atoms with van der Waals surface area (Å²) < 4.78 is 0. The van der Waals surface area contributed by atoms with Gasteiger partial charge in [-0.25, -0.2) is 0 Å². The van der Waals surface area contributed by atoms with E-state index in [1.807, 2.05) is 52.2 Å². The number of rotatable bonds is 4. The van der Waals surface area contributed by atoms with Gasteiger partial charge >= 0.3 is 0 Å². The predicted molar refractivity (Wildman–Crippen MR) is 109 cm³/mol. The Morgan fingerprint density at radius 2 is 1.74 bits per heavy atom. The van der Waals surface area contributed by atoms with Gasteiger partial charge in [-0.15, -0.1) is 0 Å². The molecular formula is C22H31N3O2. The van der Waals surface area contributed by atoms with E-state index < -0.39 is 5.54 Å². The van der Waals surface area contributed by atoms with Gasteiger partial charge in [-0.1, -0.05) is 18.2 Å². The summed E-state index contributed by atoms with van der Waals surface area (Å²) in [5.74, 6) is 0.298. The lowest BCUT2D eigenvalue weighted by molar-refractivity contribution is -0.129. The molecule has 1 saturated heterocycles. The molecule has 0 radical (unpaired) electrons. The van der Waals surface area contributed by atoms with Crippen molar-refractivity contribution in [3.63, 3.8) is 0 Å². The number of piperidine rings is 1. The maximum Gasteiger partial charge on any atom is 0.245 e. The minimum atomic E-state index is -0.523. The Bertz CT molecular complexity index is 739. The third kappa shape index (κ3) is 3.93. The van der Waals surface area contributed by atoms with Crippen LogP contribution in [0.4, 0.5) is 5.69 Å². The van der Waals surface area contributed by atoms with Gasteiger partial charge in [-0.05, 0) is 64.8 Å². The molecule has 146 valence electrons. The van der Waals surface area contributed by atoms with Crippen LogP contribution in [0, 0.1) is 13.8 Å². The average molecular weight is 370 g/mol. The van der Waals surface area contributed by atoms with Gasteiger partial charge in [0.15, 0.2) is 5.78 Å². The first kappa shape index (κ1) is 19.6. The van der Waals surface area contributed by atoms with Crippen LogP contribution in [-0.2, 0) is 9.59 Å². The topological polar surface area (TPSA) is 52.7 Å². The number of aryl methyl sites for hydroxylation is 2. The molecule has 1 aliphatic heterocycles. The Labute approximate surface area is 162 Å². The number of amides is 1. The second kappa shape index (κ2) is 7.85. The van der Waals surface area contributed by atoms with Crippen LogP contribution in [0.15, 0.2) is 30.0 Å². The van der Waals surface area contributed by atoms with Crippen molar-refractivity contribution in [2.24, 2.45) is 0 Å². The van der Waals surface area contributed by atoms with E-state index in [2.05, 4.69) is 15.1 Å². The number of nitrogens with one attached hydrogen (secondary N) is 1. The maximum absolute atomic E-state index is 13.3. The standard InChI is InChI=1S/C22H31N3O2/c1-16-7-5-8-17(2)20(16)23-21(27)22(24(3)4)11-13-25(14-12-22)18-9-6-10-19(26)15-18/h5,7-8,15H,6,9-14H2,1-4H3,(H,23,27). The normalized spacial score (nSPS) is 19.8. The van der Waals surface area contributed by atoms with Crippen molar-refractivity contribution in [1.82, 2.24) is 9.80 Å². The van der Waals surface area contributed by atoms with Gasteiger partial charge < -0.3 is 10.2 Å². The second-order valence-electron chi connectivity index (χ2n) is 8.09. The van der Waals surface area contributed by atoms with Gasteiger partial charge in [0.25, 0.3) is 0 Å². The number of likely N-dealkylation sites (tertiary alicyclic amines) is 1. The molecule has 3 rings (SSSR count). The van der Waals surface area contributed by atoms with E-state index in [1.165, 1.54) is 0 Å². The molecular weight excluding hydrogens is 338 g/mol. The number of carbonyl (C=O) groups is 2. The Kier molecular flexibility index (Phi) is 5.70. The molecule has 0 bridgehead atoms. The van der Waals surface area contributed by atoms with Crippen LogP contribution in [0.1, 0.15) is 43.2 Å². The van der Waals surface area contributed by atoms with Gasteiger partial charge in [0.05, 0.1) is 0 Å². The van der Waals surface area contributed by atoms with Crippen LogP contribution < -0.4 is 5.32 Å². The van der Waals surface area contributed by atoms with Gasteiger partial charge in [0, 0.05) is 37.0 Å². The smallest absolute Gasteiger partial charge is 0.245 e. The quantitative estimate of drug-likeness (QED) is 0.885. The molecule has 1 aliphatic carbocycles. The summed E-state index contributed by atoms with van der Waals surface area (Å²) >= 11 is 0. The minimum Gasteiger partial charge on any atom is -0.375 e. The molecule has 5 nitrogen and oxygen atoms in total. The van der Waals surface area contributed by atoms with Crippen LogP contribution in [0.3, 0.4) is 0 Å². The first-order valence-electron chi connectivity index (χ1n) is 9.87. The number of likely N-dealkylation sites (N-methyl/N-ethyl adjacent to an activating group) is 1. The second-order valence-corrected chi connectivity index (χ2v) is 8.09. The summed E-state index contributed by atoms with van der Waals surface area (Å²) in [4.78, 5) is 29.4. The zero-order chi connectivity index (χ0) is 19.6. The summed E-state index contributed by atoms with van der Waals surface area (Å²) in [6.45, 7) is 5.66. The first-order chi connectivity index (χ1) is 12.8. The van der Waals surface area contributed by atoms with E-state index in [-0.39, 0.29) is 11.7 Å². The Hall–Kier alpha value is -2.14. The third-order valence-corrected chi connectivity index (χ3v) is 6.18. The molecule has 0 spiro atoms. The van der Waals surface area contributed by atoms with Crippen molar-refractivity contribution in [1.29, 1.82) is 0 Å². The SMILES string of the molecule is Cc1cccc(C)c1NC(=O)C1(N(C)C)CCN(C2=CC(=O)CCC2)CC1. The molecule has 0 saturated carbocycles. The zero-order valence-corrected chi connectivity index (χ0v) is 17.0. The van der Waals surface area contributed by atoms with Crippen LogP contribution in [0.2, 0.25) is 0 Å². The number of benzene rings is 1. The van der Waals surface area contributed by atoms with Gasteiger partial charge in [-0.3, -0.25) is 14.5 Å². The summed E-state index contributed by atoms with van der Waals surface area (Å²) in [5, 5.41) is 3.20. The highest BCUT2D eigenvalue weighted by molar-refractivity contribution is 5.99. The highest BCUT2D eigenvalue weighted by Gasteiger charge is 2.44. The highest BCUT2D eigenvalue weighted by atomic mass is 16.2. The number of nitrogens with zero attached hydrogens (tertiary/aromatic N) is 2. The Morgan fingerprint density at radius 3 is 2.30 bits per heavy atom. The van der Waals surface area contributed by atoms with Crippen LogP contribution in [0.5, 0.6) is 0 Å². The summed E-state index contributed by atoms with van der Waals surface area (Å²) in [7, 11) is 3.98. The summed E-state index contributed by atoms with van der Waals surface area (Å²) in [5.41, 5.74) is 3.71. The summed E-state index contributed by atoms with van der Waals surface area (Å²) in [6.07, 6.45) is 5.88. The lowest BCUT2D eigenvalue weighted by atomic mass is 9.84. The molecule has 1 amide bonds. The number of ketones is 1. The lowest BCUT2D eigenvalue weighted by Gasteiger charge is -2.46. The van der Waals surface area contributed by atoms with E-state index >= 15 is 0 Å². The predicted octanol–water partition coefficient (Wildman–Crippen LogP) is 3.28. The maximum atomic E-state index is 13.3. The van der Waals surface area contributed by atoms with Gasteiger partial charge in [0.1, 0.15) is 5.54 Å². The molecule has 5 heteroatoms. The molecule has 0 atom stereocenters. The molecule has 1 aromatic rings. The number of hydrogen-bond acceptors (Lipinski definition) is 4. The highest BCUT2D eigenvalue weighted by Crippen LogP contribution is 2.33. The fourth-order valence-electron chi connectivity index (χ4n) is 4.31. The average Bonchev–Trinajstić information content (AvgIpc) is 2.64. The fourth-order valence-corrected chi connectivity index (χ4v) is 4.31. The fraction of sp³-hybridized carbons (Fsp3) is 0.545. The summed E-state index contributed by atoms with van der Waals surface area (Å²) in [6, 6.07) is 6.07. The molecule has 1 N–H and O–H groups in total. The van der Waals surface area contributed by atoms with Crippen molar-refractivity contribution in [2.75, 3.05) is 32.5 Å². The van der Waals surface area contributed by atoms with Crippen molar-refractivity contribution < 1.29 is 9.59 Å². The Balaban J connectivity index is 1.76. The van der Waals surface area contributed by atoms with Crippen LogP contribution in [-0.4, -0.2) is 54.2 Å². The van der Waals surface area contributed by atoms with E-state index in [0.717, 1.165) is 61.3 Å². The van der Waals surface area contributed by atoms with Crippen LogP contribution >= 0.6 is 0 Å². The molecule has 1 aromatic carbocycles. The number of hydrogen-bond donors (Lipinski definition) is 1. The van der Waals surface area contributed by atoms with E-state index in [0.29, 0.717) is 6.42 Å². The minimum absolute atomic E-state index is 0.0678. The molecule has 1 heterocycles. The number of carbonyl (C=O) groups excluding carboxylic acids is 2. The number of allylic oxidation sites excluding steroid dienone is 2. The largest absolute Gasteiger partial charge is 0.375 e. The zero-order valence-electron chi connectivity index (χ0n) is 17.0. The van der Waals surface area contributed by atoms with Gasteiger partial charge in [-0.2, -0.15) is 0 Å². The van der Waals surface area contributed by atoms with E-state index in [9.17, 15) is 9.59 Å². The molecule has 27 heavy (non-hydrogen) atoms. The number of anilines is 1. The molecule has 2 aliphatic rings. The Morgan fingerprint density at radius 1 is 1.11 bits per heavy atom. The molecule has 0 unspecified atom stereocenters. The van der Waals surface area contributed by atoms with E-state index in [1.54, 1.807) is 0 Å². The number of para-hydroxylation sites is 1. The van der Waals surface area contributed by atoms with Crippen molar-refractivity contribution in [3.8, 4) is 0 Å².